The molecule has 1 nitrogen and oxygen atoms in total. The lowest BCUT2D eigenvalue weighted by molar-refractivity contribution is -0.119. The van der Waals surface area contributed by atoms with E-state index in [0.717, 1.165) is 6.42 Å². The van der Waals surface area contributed by atoms with E-state index in [1.54, 1.807) is 0 Å². The Kier molecular flexibility index (Phi) is 2.47. The SMILES string of the molecule is CCC(NC)C1CC(F)(F)C1. The second-order valence-electron chi connectivity index (χ2n) is 3.33. The van der Waals surface area contributed by atoms with Gasteiger partial charge in [0.2, 0.25) is 5.92 Å². The van der Waals surface area contributed by atoms with Crippen molar-refractivity contribution in [2.75, 3.05) is 7.05 Å². The normalized spacial score (nSPS) is 26.2. The summed E-state index contributed by atoms with van der Waals surface area (Å²) >= 11 is 0. The quantitative estimate of drug-likeness (QED) is 0.671. The zero-order valence-electron chi connectivity index (χ0n) is 7.03. The van der Waals surface area contributed by atoms with Crippen LogP contribution < -0.4 is 5.32 Å². The van der Waals surface area contributed by atoms with Crippen molar-refractivity contribution in [2.24, 2.45) is 5.92 Å². The fourth-order valence-corrected chi connectivity index (χ4v) is 1.77. The largest absolute Gasteiger partial charge is 0.317 e. The van der Waals surface area contributed by atoms with E-state index < -0.39 is 5.92 Å². The molecule has 1 rings (SSSR count). The van der Waals surface area contributed by atoms with Crippen LogP contribution in [0.3, 0.4) is 0 Å². The summed E-state index contributed by atoms with van der Waals surface area (Å²) in [6, 6.07) is 0.287. The monoisotopic (exact) mass is 163 g/mol. The molecular weight excluding hydrogens is 148 g/mol. The van der Waals surface area contributed by atoms with Gasteiger partial charge in [-0.2, -0.15) is 0 Å². The van der Waals surface area contributed by atoms with Crippen molar-refractivity contribution >= 4 is 0 Å². The van der Waals surface area contributed by atoms with Gasteiger partial charge in [-0.05, 0) is 19.4 Å². The van der Waals surface area contributed by atoms with Crippen molar-refractivity contribution in [1.29, 1.82) is 0 Å². The van der Waals surface area contributed by atoms with E-state index in [9.17, 15) is 8.78 Å². The van der Waals surface area contributed by atoms with Gasteiger partial charge in [0.25, 0.3) is 0 Å². The molecule has 0 saturated heterocycles. The van der Waals surface area contributed by atoms with Gasteiger partial charge in [0.15, 0.2) is 0 Å². The van der Waals surface area contributed by atoms with Crippen LogP contribution in [0.1, 0.15) is 26.2 Å². The van der Waals surface area contributed by atoms with Crippen molar-refractivity contribution in [3.63, 3.8) is 0 Å². The standard InChI is InChI=1S/C8H15F2N/c1-3-7(11-2)6-4-8(9,10)5-6/h6-7,11H,3-5H2,1-2H3. The van der Waals surface area contributed by atoms with Crippen molar-refractivity contribution in [3.05, 3.63) is 0 Å². The molecule has 11 heavy (non-hydrogen) atoms. The second kappa shape index (κ2) is 3.05. The molecule has 0 aromatic heterocycles. The third kappa shape index (κ3) is 1.89. The molecular formula is C8H15F2N. The Morgan fingerprint density at radius 1 is 1.55 bits per heavy atom. The molecule has 1 N–H and O–H groups in total. The third-order valence-corrected chi connectivity index (χ3v) is 2.50. The average molecular weight is 163 g/mol. The number of nitrogens with one attached hydrogen (secondary N) is 1. The molecule has 0 aromatic rings. The molecule has 1 aliphatic carbocycles. The number of halogens is 2. The number of alkyl halides is 2. The summed E-state index contributed by atoms with van der Waals surface area (Å²) in [5.74, 6) is -2.17. The predicted molar refractivity (Wildman–Crippen MR) is 40.8 cm³/mol. The molecule has 1 aliphatic rings. The first kappa shape index (κ1) is 8.91. The van der Waals surface area contributed by atoms with Crippen LogP contribution >= 0.6 is 0 Å². The molecule has 0 amide bonds. The zero-order valence-corrected chi connectivity index (χ0v) is 7.03. The molecule has 0 aromatic carbocycles. The fourth-order valence-electron chi connectivity index (χ4n) is 1.77. The van der Waals surface area contributed by atoms with Crippen molar-refractivity contribution in [2.45, 2.75) is 38.2 Å². The summed E-state index contributed by atoms with van der Waals surface area (Å²) in [6.07, 6.45) is 1.09. The molecule has 0 heterocycles. The van der Waals surface area contributed by atoms with Crippen LogP contribution in [-0.2, 0) is 0 Å². The number of hydrogen-bond donors (Lipinski definition) is 1. The first-order valence-corrected chi connectivity index (χ1v) is 4.14. The van der Waals surface area contributed by atoms with E-state index >= 15 is 0 Å². The van der Waals surface area contributed by atoms with Crippen LogP contribution in [0.5, 0.6) is 0 Å². The van der Waals surface area contributed by atoms with Crippen LogP contribution in [0.15, 0.2) is 0 Å². The summed E-state index contributed by atoms with van der Waals surface area (Å²) in [5.41, 5.74) is 0. The molecule has 0 bridgehead atoms. The summed E-state index contributed by atoms with van der Waals surface area (Å²) in [4.78, 5) is 0. The summed E-state index contributed by atoms with van der Waals surface area (Å²) < 4.78 is 24.8. The minimum absolute atomic E-state index is 0.0757. The Bertz CT molecular complexity index is 124. The highest BCUT2D eigenvalue weighted by Crippen LogP contribution is 2.44. The Morgan fingerprint density at radius 3 is 2.36 bits per heavy atom. The highest BCUT2D eigenvalue weighted by atomic mass is 19.3. The first-order chi connectivity index (χ1) is 5.09. The molecule has 0 radical (unpaired) electrons. The molecule has 0 spiro atoms. The van der Waals surface area contributed by atoms with Crippen molar-refractivity contribution < 1.29 is 8.78 Å². The number of hydrogen-bond acceptors (Lipinski definition) is 1. The summed E-state index contributed by atoms with van der Waals surface area (Å²) in [5, 5.41) is 3.06. The lowest BCUT2D eigenvalue weighted by Gasteiger charge is -2.39. The van der Waals surface area contributed by atoms with E-state index in [2.05, 4.69) is 5.32 Å². The van der Waals surface area contributed by atoms with Gasteiger partial charge in [0.05, 0.1) is 0 Å². The van der Waals surface area contributed by atoms with Crippen LogP contribution in [-0.4, -0.2) is 19.0 Å². The average Bonchev–Trinajstić information content (AvgIpc) is 1.86. The van der Waals surface area contributed by atoms with Gasteiger partial charge in [-0.3, -0.25) is 0 Å². The maximum absolute atomic E-state index is 12.4. The topological polar surface area (TPSA) is 12.0 Å². The Labute approximate surface area is 66.2 Å². The molecule has 3 heteroatoms. The summed E-state index contributed by atoms with van der Waals surface area (Å²) in [7, 11) is 1.84. The van der Waals surface area contributed by atoms with Gasteiger partial charge in [-0.15, -0.1) is 0 Å². The van der Waals surface area contributed by atoms with Crippen LogP contribution in [0, 0.1) is 5.92 Å². The van der Waals surface area contributed by atoms with E-state index in [1.807, 2.05) is 14.0 Å². The first-order valence-electron chi connectivity index (χ1n) is 4.14. The van der Waals surface area contributed by atoms with E-state index in [-0.39, 0.29) is 24.8 Å². The molecule has 66 valence electrons. The molecule has 0 aliphatic heterocycles. The van der Waals surface area contributed by atoms with E-state index in [4.69, 9.17) is 0 Å². The van der Waals surface area contributed by atoms with Crippen LogP contribution in [0.2, 0.25) is 0 Å². The third-order valence-electron chi connectivity index (χ3n) is 2.50. The highest BCUT2D eigenvalue weighted by Gasteiger charge is 2.47. The molecule has 1 atom stereocenters. The van der Waals surface area contributed by atoms with Crippen molar-refractivity contribution in [1.82, 2.24) is 5.32 Å². The van der Waals surface area contributed by atoms with Gasteiger partial charge in [-0.25, -0.2) is 8.78 Å². The van der Waals surface area contributed by atoms with Crippen molar-refractivity contribution in [3.8, 4) is 0 Å². The maximum atomic E-state index is 12.4. The highest BCUT2D eigenvalue weighted by molar-refractivity contribution is 4.92. The Hall–Kier alpha value is -0.180. The van der Waals surface area contributed by atoms with Crippen LogP contribution in [0.4, 0.5) is 8.78 Å². The van der Waals surface area contributed by atoms with Gasteiger partial charge < -0.3 is 5.32 Å². The lowest BCUT2D eigenvalue weighted by atomic mass is 9.75. The molecule has 1 unspecified atom stereocenters. The van der Waals surface area contributed by atoms with Gasteiger partial charge >= 0.3 is 0 Å². The van der Waals surface area contributed by atoms with E-state index in [1.165, 1.54) is 0 Å². The minimum atomic E-state index is -2.37. The zero-order chi connectivity index (χ0) is 8.48. The van der Waals surface area contributed by atoms with Gasteiger partial charge in [0.1, 0.15) is 0 Å². The summed E-state index contributed by atoms with van der Waals surface area (Å²) in [6.45, 7) is 2.03. The van der Waals surface area contributed by atoms with Gasteiger partial charge in [0, 0.05) is 18.9 Å². The van der Waals surface area contributed by atoms with E-state index in [0.29, 0.717) is 0 Å². The fraction of sp³-hybridized carbons (Fsp3) is 1.00. The van der Waals surface area contributed by atoms with Crippen LogP contribution in [0.25, 0.3) is 0 Å². The Morgan fingerprint density at radius 2 is 2.09 bits per heavy atom. The molecule has 1 saturated carbocycles. The minimum Gasteiger partial charge on any atom is -0.317 e. The lowest BCUT2D eigenvalue weighted by Crippen LogP contribution is -2.46. The smallest absolute Gasteiger partial charge is 0.248 e. The second-order valence-corrected chi connectivity index (χ2v) is 3.33. The molecule has 1 fully saturated rings. The predicted octanol–water partition coefficient (Wildman–Crippen LogP) is 2.03. The number of rotatable bonds is 3. The maximum Gasteiger partial charge on any atom is 0.248 e. The van der Waals surface area contributed by atoms with Gasteiger partial charge in [-0.1, -0.05) is 6.92 Å². The Balaban J connectivity index is 2.30.